The number of morpholine rings is 3. The summed E-state index contributed by atoms with van der Waals surface area (Å²) in [7, 11) is 55.5. The molecule has 3 saturated heterocycles. The maximum absolute atomic E-state index is 12.4. The fourth-order valence-electron chi connectivity index (χ4n) is 7.29. The average Bonchev–Trinajstić information content (AvgIpc) is 1.24. The first-order valence-corrected chi connectivity index (χ1v) is 30.1. The summed E-state index contributed by atoms with van der Waals surface area (Å²) in [6.07, 6.45) is 2.94. The zero-order chi connectivity index (χ0) is 68.5. The molecule has 49 heteroatoms. The molecule has 8 N–H and O–H groups in total. The van der Waals surface area contributed by atoms with Crippen molar-refractivity contribution in [3.05, 3.63) is 102 Å². The van der Waals surface area contributed by atoms with E-state index < -0.39 is 51.8 Å². The largest absolute Gasteiger partial charge is 1.00 e. The van der Waals surface area contributed by atoms with Gasteiger partial charge in [0.05, 0.1) is 70.5 Å². The smallest absolute Gasteiger partial charge is 1.00 e. The summed E-state index contributed by atoms with van der Waals surface area (Å²) in [6.45, 7) is 17.2. The Morgan fingerprint density at radius 3 is 1.56 bits per heavy atom. The molecule has 19 radical (unpaired) electrons. The molecule has 23 nitrogen and oxygen atoms in total. The Kier molecular flexibility index (Phi) is 67.0. The Hall–Kier alpha value is -1.47. The van der Waals surface area contributed by atoms with Crippen molar-refractivity contribution in [2.24, 2.45) is 4.74 Å². The van der Waals surface area contributed by atoms with E-state index in [1.165, 1.54) is 53.2 Å². The number of carbonyl (C=O) groups is 5. The molecule has 467 valence electrons. The van der Waals surface area contributed by atoms with Gasteiger partial charge in [-0.25, -0.2) is 15.0 Å². The van der Waals surface area contributed by atoms with E-state index in [4.69, 9.17) is 107 Å². The topological polar surface area (TPSA) is 312 Å². The van der Waals surface area contributed by atoms with E-state index in [2.05, 4.69) is 98.5 Å². The molecule has 94 heavy (non-hydrogen) atoms. The van der Waals surface area contributed by atoms with E-state index in [1.54, 1.807) is 61.9 Å². The van der Waals surface area contributed by atoms with Gasteiger partial charge in [0.2, 0.25) is 11.8 Å². The van der Waals surface area contributed by atoms with Crippen LogP contribution in [0.4, 0.5) is 41.2 Å². The monoisotopic (exact) mass is 1520 g/mol. The second-order valence-electron chi connectivity index (χ2n) is 17.4. The summed E-state index contributed by atoms with van der Waals surface area (Å²) in [5.41, 5.74) is 12.3. The van der Waals surface area contributed by atoms with Gasteiger partial charge in [0.15, 0.2) is 15.4 Å². The molecule has 5 aromatic rings. The minimum absolute atomic E-state index is 0. The number of alkyl halides is 1. The average molecular weight is 1520 g/mol. The van der Waals surface area contributed by atoms with Crippen LogP contribution in [0.5, 0.6) is 5.75 Å². The molecule has 0 aliphatic carbocycles. The van der Waals surface area contributed by atoms with Crippen LogP contribution in [0, 0.1) is 0 Å². The molecule has 3 aliphatic rings. The number of hydrogen-bond donors (Lipinski definition) is 6. The number of aromatic nitrogens is 3. The minimum atomic E-state index is -1.00. The van der Waals surface area contributed by atoms with Crippen LogP contribution in [0.1, 0.15) is 20.6 Å². The van der Waals surface area contributed by atoms with Crippen molar-refractivity contribution in [3.8, 4) is 5.75 Å². The summed E-state index contributed by atoms with van der Waals surface area (Å²) in [5.74, 6) is -0.541. The van der Waals surface area contributed by atoms with Gasteiger partial charge in [-0.2, -0.15) is 0 Å². The van der Waals surface area contributed by atoms with Crippen molar-refractivity contribution in [2.45, 2.75) is 7.43 Å². The Bertz CT molecular complexity index is 2830. The zero-order valence-electron chi connectivity index (χ0n) is 53.8. The molecule has 0 bridgehead atoms. The number of nitrogens with zero attached hydrogens (tertiary/aromatic N) is 6. The van der Waals surface area contributed by atoms with Crippen LogP contribution in [0.15, 0.2) is 101 Å². The van der Waals surface area contributed by atoms with Crippen LogP contribution in [-0.2, 0) is 38.3 Å². The molecule has 3 aromatic heterocycles. The number of ether oxygens (including phenoxy) is 4. The molecule has 0 spiro atoms. The number of carbonyl (C=O) groups excluding carboxylic acids is 5. The number of anilines is 7. The molecule has 0 unspecified atom stereocenters. The van der Waals surface area contributed by atoms with Crippen molar-refractivity contribution in [2.75, 3.05) is 130 Å². The van der Waals surface area contributed by atoms with Gasteiger partial charge in [-0.1, -0.05) is 66.7 Å². The molecule has 3 amide bonds. The second-order valence-corrected chi connectivity index (χ2v) is 22.4. The Balaban J connectivity index is -0.000000254. The van der Waals surface area contributed by atoms with E-state index in [-0.39, 0.29) is 153 Å². The van der Waals surface area contributed by atoms with Crippen LogP contribution >= 0.6 is 76.0 Å². The third-order valence-corrected chi connectivity index (χ3v) is 14.4. The van der Waals surface area contributed by atoms with Crippen molar-refractivity contribution < 1.29 is 163 Å². The molecule has 0 atom stereocenters. The van der Waals surface area contributed by atoms with Gasteiger partial charge in [-0.15, -0.1) is 17.0 Å². The number of hydrogen-bond acceptors (Lipinski definition) is 23. The van der Waals surface area contributed by atoms with Crippen molar-refractivity contribution in [1.82, 2.24) is 20.3 Å². The third kappa shape index (κ3) is 46.0. The van der Waals surface area contributed by atoms with E-state index >= 15 is 0 Å². The number of benzene rings is 2. The third-order valence-electron chi connectivity index (χ3n) is 11.2. The molecule has 0 saturated carbocycles. The van der Waals surface area contributed by atoms with Gasteiger partial charge in [0.1, 0.15) is 15.8 Å². The predicted octanol–water partition coefficient (Wildman–Crippen LogP) is -5.82. The molecular weight excluding hydrogens is 1450 g/mol. The summed E-state index contributed by atoms with van der Waals surface area (Å²) in [5, 5.41) is 23.5. The molecule has 6 heterocycles. The molecule has 2 aromatic carbocycles. The molecule has 3 fully saturated rings. The van der Waals surface area contributed by atoms with Gasteiger partial charge in [-0.05, 0) is 67.4 Å². The SMILES string of the molecule is Br.C.C1COCCN1.C=CC(=O)Nc1cccc(C(=O)Nc2ncc(N3CCOCC3)s2)c1.C=CC(=O)Nc1cccc(OC=O)c1.CN=P.Nc1ncc(Br)s1.Nc1ncc(N2CCOCC2)s1.O=CO[O-].[2H]CF.[B][B]B(B([B])[B])B(B([B])[B])B(B([B])[B])B([B])[B].[H-].[K+].[K+]. The number of halogens is 3. The van der Waals surface area contributed by atoms with E-state index in [1.807, 2.05) is 6.20 Å². The number of rotatable bonds is 18. The maximum atomic E-state index is 12.4. The first kappa shape index (κ1) is 98.9. The van der Waals surface area contributed by atoms with Crippen LogP contribution in [0.3, 0.4) is 0 Å². The normalized spacial score (nSPS) is 11.8. The molecule has 3 aliphatic heterocycles. The van der Waals surface area contributed by atoms with Gasteiger partial charge in [0.25, 0.3) is 18.9 Å². The number of nitrogens with one attached hydrogen (secondary N) is 4. The van der Waals surface area contributed by atoms with Gasteiger partial charge in [0, 0.05) is 191 Å². The maximum Gasteiger partial charge on any atom is 1.00 e. The van der Waals surface area contributed by atoms with Crippen LogP contribution in [0.2, 0.25) is 0 Å². The Labute approximate surface area is 689 Å². The van der Waals surface area contributed by atoms with Crippen molar-refractivity contribution in [3.63, 3.8) is 0 Å². The van der Waals surface area contributed by atoms with Crippen LogP contribution < -0.4 is 155 Å². The summed E-state index contributed by atoms with van der Waals surface area (Å²) < 4.78 is 40.0. The fraction of sp³-hybridized carbons (Fsp3) is 0.333. The van der Waals surface area contributed by atoms with Crippen molar-refractivity contribution in [1.29, 1.82) is 0 Å². The van der Waals surface area contributed by atoms with Crippen LogP contribution in [0.25, 0.3) is 0 Å². The molecular formula is C45H64B17Br2FK2N12O11PS3. The number of nitrogens with two attached hydrogens (primary N) is 2. The van der Waals surface area contributed by atoms with E-state index in [9.17, 15) is 23.6 Å². The number of thiazole rings is 3. The first-order chi connectivity index (χ1) is 43.5. The second kappa shape index (κ2) is 63.7. The summed E-state index contributed by atoms with van der Waals surface area (Å²) >= 11 is 7.59. The zero-order valence-corrected chi connectivity index (χ0v) is 64.8. The summed E-state index contributed by atoms with van der Waals surface area (Å²) in [6, 6.07) is 13.2. The first-order valence-electron chi connectivity index (χ1n) is 27.1. The number of nitrogen functional groups attached to an aromatic ring is 2. The summed E-state index contributed by atoms with van der Waals surface area (Å²) in [4.78, 5) is 72.4. The number of amides is 3. The minimum Gasteiger partial charge on any atom is -1.00 e. The van der Waals surface area contributed by atoms with Gasteiger partial charge < -0.3 is 67.7 Å². The van der Waals surface area contributed by atoms with Crippen LogP contribution in [-0.4, -0.2) is 260 Å². The van der Waals surface area contributed by atoms with E-state index in [0.29, 0.717) is 57.8 Å². The quantitative estimate of drug-likeness (QED) is 0.0119. The van der Waals surface area contributed by atoms with E-state index in [0.717, 1.165) is 85.6 Å². The Morgan fingerprint density at radius 2 is 1.21 bits per heavy atom. The predicted molar refractivity (Wildman–Crippen MR) is 405 cm³/mol. The molecule has 8 rings (SSSR count). The van der Waals surface area contributed by atoms with Gasteiger partial charge in [-0.3, -0.25) is 38.4 Å². The fourth-order valence-corrected chi connectivity index (χ4v) is 9.91. The van der Waals surface area contributed by atoms with Gasteiger partial charge >= 0.3 is 103 Å². The van der Waals surface area contributed by atoms with Crippen molar-refractivity contribution >= 4 is 265 Å². The Morgan fingerprint density at radius 1 is 0.777 bits per heavy atom. The standard InChI is InChI=1S/C17H18N4O3S.C10H9NO3.C7H11N3OS.C4H9NO.C3H3BrN2S.CH3F.CH4NP.CH2O3.CH4.B17.BrH.2K.H/c1-2-14(22)19-13-5-3-4-12(10-13)16(23)20-17-18-11-15(25-17)21-6-8-24-9-7-21;1-2-10(13)11-8-4-3-5-9(6-8)14-7-12;8-7-9-5-6(12-7)10-1-3-11-4-2-10;1-3-6-4-2-5-1;4-2-1-6-3(5)7-2;1-2;1-2-3;2-1-4-3;;1-10-15(11(2)3)17(14(8)9)16(12(4)5)13(6)7;;;;/h2-5,10-11H,1,6-9H2,(H,19,22)(H,18,20,23);2-7H,1H2,(H,11,13);5H,1-4H2,(H2,8,9);5H,1-4H2;1H,(H2,5,6);1H3;3H,1H3;1,3H;1H4;;1H;;;/q;;;;;;;;;;;2*+1;-1/p-1/i;;;;;1D;;;;;;;;.